The van der Waals surface area contributed by atoms with Crippen LogP contribution in [0.4, 0.5) is 8.78 Å². The highest BCUT2D eigenvalue weighted by molar-refractivity contribution is 5.30. The van der Waals surface area contributed by atoms with Gasteiger partial charge in [0.05, 0.1) is 0 Å². The van der Waals surface area contributed by atoms with Crippen molar-refractivity contribution in [3.63, 3.8) is 0 Å². The number of hydrogen-bond acceptors (Lipinski definition) is 2. The molecule has 1 aliphatic heterocycles. The number of aromatic hydroxyl groups is 1. The van der Waals surface area contributed by atoms with Gasteiger partial charge in [-0.1, -0.05) is 12.8 Å². The number of likely N-dealkylation sites (tertiary alicyclic amines) is 1. The minimum atomic E-state index is -0.872. The molecule has 0 radical (unpaired) electrons. The Kier molecular flexibility index (Phi) is 3.92. The first kappa shape index (κ1) is 13.8. The monoisotopic (exact) mass is 281 g/mol. The second kappa shape index (κ2) is 5.68. The summed E-state index contributed by atoms with van der Waals surface area (Å²) in [4.78, 5) is 2.37. The summed E-state index contributed by atoms with van der Waals surface area (Å²) >= 11 is 0. The van der Waals surface area contributed by atoms with Crippen molar-refractivity contribution in [2.24, 2.45) is 5.92 Å². The first-order valence-electron chi connectivity index (χ1n) is 7.56. The molecule has 0 unspecified atom stereocenters. The fourth-order valence-electron chi connectivity index (χ4n) is 3.87. The molecule has 1 saturated carbocycles. The van der Waals surface area contributed by atoms with Crippen LogP contribution in [0.25, 0.3) is 0 Å². The van der Waals surface area contributed by atoms with Crippen LogP contribution in [0.2, 0.25) is 0 Å². The summed E-state index contributed by atoms with van der Waals surface area (Å²) in [6, 6.07) is 3.08. The molecule has 0 aromatic heterocycles. The van der Waals surface area contributed by atoms with E-state index in [1.165, 1.54) is 50.7 Å². The predicted molar refractivity (Wildman–Crippen MR) is 73.4 cm³/mol. The van der Waals surface area contributed by atoms with Gasteiger partial charge >= 0.3 is 0 Å². The molecule has 20 heavy (non-hydrogen) atoms. The zero-order valence-electron chi connectivity index (χ0n) is 11.6. The fourth-order valence-corrected chi connectivity index (χ4v) is 3.87. The van der Waals surface area contributed by atoms with E-state index in [2.05, 4.69) is 4.90 Å². The Bertz CT molecular complexity index is 466. The number of fused-ring (bicyclic) bond motifs is 1. The molecular formula is C16H21F2NO. The van der Waals surface area contributed by atoms with Crippen LogP contribution >= 0.6 is 0 Å². The minimum absolute atomic E-state index is 0.567. The highest BCUT2D eigenvalue weighted by Crippen LogP contribution is 2.36. The molecule has 0 spiro atoms. The summed E-state index contributed by atoms with van der Waals surface area (Å²) in [6.45, 7) is 1.58. The molecule has 0 bridgehead atoms. The van der Waals surface area contributed by atoms with Gasteiger partial charge in [0.1, 0.15) is 0 Å². The maximum Gasteiger partial charge on any atom is 0.187 e. The van der Waals surface area contributed by atoms with Crippen molar-refractivity contribution in [1.29, 1.82) is 0 Å². The van der Waals surface area contributed by atoms with Gasteiger partial charge in [0.2, 0.25) is 0 Å². The average Bonchev–Trinajstić information content (AvgIpc) is 2.45. The quantitative estimate of drug-likeness (QED) is 0.890. The van der Waals surface area contributed by atoms with E-state index < -0.39 is 17.4 Å². The lowest BCUT2D eigenvalue weighted by Crippen LogP contribution is -2.46. The van der Waals surface area contributed by atoms with Gasteiger partial charge in [0.15, 0.2) is 17.4 Å². The molecule has 1 aliphatic carbocycles. The number of piperidine rings is 1. The van der Waals surface area contributed by atoms with E-state index in [1.807, 2.05) is 0 Å². The van der Waals surface area contributed by atoms with Crippen LogP contribution in [-0.4, -0.2) is 22.6 Å². The second-order valence-electron chi connectivity index (χ2n) is 6.13. The number of nitrogens with zero attached hydrogens (tertiary/aromatic N) is 1. The SMILES string of the molecule is Oc1c(F)cc(CN2CCC[C@H]3CCCC[C@H]32)cc1F. The summed E-state index contributed by atoms with van der Waals surface area (Å²) in [6.07, 6.45) is 7.53. The number of rotatable bonds is 2. The lowest BCUT2D eigenvalue weighted by atomic mass is 9.78. The first-order valence-corrected chi connectivity index (χ1v) is 7.56. The molecule has 110 valence electrons. The first-order chi connectivity index (χ1) is 9.65. The second-order valence-corrected chi connectivity index (χ2v) is 6.13. The Morgan fingerprint density at radius 2 is 1.70 bits per heavy atom. The highest BCUT2D eigenvalue weighted by Gasteiger charge is 2.33. The smallest absolute Gasteiger partial charge is 0.187 e. The Morgan fingerprint density at radius 3 is 2.45 bits per heavy atom. The molecule has 1 aromatic carbocycles. The molecule has 2 atom stereocenters. The van der Waals surface area contributed by atoms with Crippen LogP contribution in [0.1, 0.15) is 44.1 Å². The maximum atomic E-state index is 13.4. The van der Waals surface area contributed by atoms with Crippen molar-refractivity contribution >= 4 is 0 Å². The van der Waals surface area contributed by atoms with Crippen molar-refractivity contribution in [2.45, 2.75) is 51.1 Å². The summed E-state index contributed by atoms with van der Waals surface area (Å²) in [7, 11) is 0. The van der Waals surface area contributed by atoms with E-state index in [1.54, 1.807) is 0 Å². The van der Waals surface area contributed by atoms with Crippen molar-refractivity contribution in [3.05, 3.63) is 29.3 Å². The van der Waals surface area contributed by atoms with Crippen LogP contribution in [0, 0.1) is 17.6 Å². The Morgan fingerprint density at radius 1 is 1.05 bits per heavy atom. The molecule has 2 nitrogen and oxygen atoms in total. The maximum absolute atomic E-state index is 13.4. The van der Waals surface area contributed by atoms with Crippen LogP contribution in [0.5, 0.6) is 5.75 Å². The predicted octanol–water partition coefficient (Wildman–Crippen LogP) is 3.83. The third-order valence-corrected chi connectivity index (χ3v) is 4.82. The number of benzene rings is 1. The molecule has 2 fully saturated rings. The molecule has 4 heteroatoms. The topological polar surface area (TPSA) is 23.5 Å². The van der Waals surface area contributed by atoms with Gasteiger partial charge in [0, 0.05) is 12.6 Å². The summed E-state index contributed by atoms with van der Waals surface area (Å²) in [5, 5.41) is 9.16. The van der Waals surface area contributed by atoms with Crippen molar-refractivity contribution < 1.29 is 13.9 Å². The van der Waals surface area contributed by atoms with Gasteiger partial charge in [-0.05, 0) is 55.8 Å². The number of halogens is 2. The third kappa shape index (κ3) is 2.66. The average molecular weight is 281 g/mol. The third-order valence-electron chi connectivity index (χ3n) is 4.82. The molecular weight excluding hydrogens is 260 g/mol. The van der Waals surface area contributed by atoms with Gasteiger partial charge in [0.25, 0.3) is 0 Å². The Hall–Kier alpha value is -1.16. The molecule has 1 aromatic rings. The van der Waals surface area contributed by atoms with Gasteiger partial charge in [-0.3, -0.25) is 4.90 Å². The summed E-state index contributed by atoms with van der Waals surface area (Å²) in [5.41, 5.74) is 0.615. The zero-order valence-corrected chi connectivity index (χ0v) is 11.6. The van der Waals surface area contributed by atoms with E-state index >= 15 is 0 Å². The van der Waals surface area contributed by atoms with E-state index in [9.17, 15) is 8.78 Å². The van der Waals surface area contributed by atoms with Crippen LogP contribution in [0.15, 0.2) is 12.1 Å². The largest absolute Gasteiger partial charge is 0.503 e. The summed E-state index contributed by atoms with van der Waals surface area (Å²) in [5.74, 6) is -1.85. The normalized spacial score (nSPS) is 27.3. The van der Waals surface area contributed by atoms with Gasteiger partial charge in [-0.25, -0.2) is 8.78 Å². The molecule has 2 aliphatic rings. The lowest BCUT2D eigenvalue weighted by molar-refractivity contribution is 0.0545. The van der Waals surface area contributed by atoms with E-state index in [-0.39, 0.29) is 0 Å². The van der Waals surface area contributed by atoms with E-state index in [0.717, 1.165) is 12.5 Å². The van der Waals surface area contributed by atoms with Crippen molar-refractivity contribution in [3.8, 4) is 5.75 Å². The minimum Gasteiger partial charge on any atom is -0.503 e. The summed E-state index contributed by atoms with van der Waals surface area (Å²) < 4.78 is 26.8. The molecule has 0 amide bonds. The highest BCUT2D eigenvalue weighted by atomic mass is 19.1. The molecule has 1 heterocycles. The molecule has 1 saturated heterocycles. The Labute approximate surface area is 118 Å². The van der Waals surface area contributed by atoms with Crippen molar-refractivity contribution in [2.75, 3.05) is 6.54 Å². The zero-order chi connectivity index (χ0) is 14.1. The molecule has 3 rings (SSSR count). The molecule has 1 N–H and O–H groups in total. The lowest BCUT2D eigenvalue weighted by Gasteiger charge is -2.44. The number of phenols is 1. The van der Waals surface area contributed by atoms with E-state index in [4.69, 9.17) is 5.11 Å². The number of phenolic OH excluding ortho intramolecular Hbond substituents is 1. The van der Waals surface area contributed by atoms with Crippen LogP contribution < -0.4 is 0 Å². The van der Waals surface area contributed by atoms with Crippen LogP contribution in [0.3, 0.4) is 0 Å². The Balaban J connectivity index is 1.76. The fraction of sp³-hybridized carbons (Fsp3) is 0.625. The van der Waals surface area contributed by atoms with Crippen molar-refractivity contribution in [1.82, 2.24) is 4.90 Å². The standard InChI is InChI=1S/C16H21F2NO/c17-13-8-11(9-14(18)16(13)20)10-19-7-3-5-12-4-1-2-6-15(12)19/h8-9,12,15,20H,1-7,10H2/t12-,15-/m1/s1. The van der Waals surface area contributed by atoms with Gasteiger partial charge < -0.3 is 5.11 Å². The van der Waals surface area contributed by atoms with Gasteiger partial charge in [-0.15, -0.1) is 0 Å². The van der Waals surface area contributed by atoms with Gasteiger partial charge in [-0.2, -0.15) is 0 Å². The van der Waals surface area contributed by atoms with E-state index in [0.29, 0.717) is 18.2 Å². The van der Waals surface area contributed by atoms with Crippen LogP contribution in [-0.2, 0) is 6.54 Å². The number of hydrogen-bond donors (Lipinski definition) is 1.